The fourth-order valence-corrected chi connectivity index (χ4v) is 3.83. The lowest BCUT2D eigenvalue weighted by molar-refractivity contribution is 0.0823. The van der Waals surface area contributed by atoms with E-state index in [1.165, 1.54) is 18.3 Å². The number of methoxy groups -OCH3 is 1. The van der Waals surface area contributed by atoms with Crippen LogP contribution in [0.15, 0.2) is 42.7 Å². The number of likely N-dealkylation sites (tertiary alicyclic amines) is 1. The Morgan fingerprint density at radius 3 is 2.71 bits per heavy atom. The van der Waals surface area contributed by atoms with Crippen molar-refractivity contribution in [2.75, 3.05) is 46.7 Å². The largest absolute Gasteiger partial charge is 0.488 e. The molecule has 1 aliphatic heterocycles. The van der Waals surface area contributed by atoms with Gasteiger partial charge in [-0.05, 0) is 43.8 Å². The summed E-state index contributed by atoms with van der Waals surface area (Å²) in [5.74, 6) is 1.55. The molecule has 0 saturated carbocycles. The molecule has 180 valence electrons. The molecule has 0 spiro atoms. The van der Waals surface area contributed by atoms with Crippen LogP contribution in [-0.2, 0) is 0 Å². The molecule has 3 aromatic rings. The second-order valence-corrected chi connectivity index (χ2v) is 8.48. The van der Waals surface area contributed by atoms with Gasteiger partial charge in [0.25, 0.3) is 5.91 Å². The van der Waals surface area contributed by atoms with Crippen molar-refractivity contribution in [2.45, 2.75) is 12.5 Å². The summed E-state index contributed by atoms with van der Waals surface area (Å²) in [7, 11) is 6.86. The molecule has 1 fully saturated rings. The van der Waals surface area contributed by atoms with Crippen LogP contribution in [0.2, 0.25) is 0 Å². The molecule has 1 atom stereocenters. The van der Waals surface area contributed by atoms with E-state index in [0.717, 1.165) is 25.1 Å². The van der Waals surface area contributed by atoms with Crippen molar-refractivity contribution in [1.82, 2.24) is 24.8 Å². The summed E-state index contributed by atoms with van der Waals surface area (Å²) in [6.07, 6.45) is 2.45. The number of anilines is 2. The number of nitriles is 1. The van der Waals surface area contributed by atoms with Crippen LogP contribution in [0.1, 0.15) is 22.3 Å². The number of amides is 1. The molecule has 10 heteroatoms. The van der Waals surface area contributed by atoms with Crippen molar-refractivity contribution in [3.8, 4) is 29.0 Å². The van der Waals surface area contributed by atoms with Crippen molar-refractivity contribution < 1.29 is 14.3 Å². The summed E-state index contributed by atoms with van der Waals surface area (Å²) in [4.78, 5) is 29.0. The lowest BCUT2D eigenvalue weighted by atomic mass is 10.1. The molecule has 0 aliphatic carbocycles. The first-order valence-electron chi connectivity index (χ1n) is 11.1. The van der Waals surface area contributed by atoms with Gasteiger partial charge in [0.2, 0.25) is 5.88 Å². The molecule has 1 aromatic carbocycles. The quantitative estimate of drug-likeness (QED) is 0.553. The highest BCUT2D eigenvalue weighted by Crippen LogP contribution is 2.29. The average molecular weight is 474 g/mol. The first-order chi connectivity index (χ1) is 16.9. The van der Waals surface area contributed by atoms with Crippen LogP contribution in [-0.4, -0.2) is 78.1 Å². The van der Waals surface area contributed by atoms with Crippen LogP contribution in [0.3, 0.4) is 0 Å². The highest BCUT2D eigenvalue weighted by molar-refractivity contribution is 5.96. The molecule has 1 aliphatic rings. The number of nitrogens with one attached hydrogen (secondary N) is 1. The molecular formula is C25H27N7O3. The number of hydrogen-bond donors (Lipinski definition) is 1. The minimum absolute atomic E-state index is 0.0803. The first-order valence-corrected chi connectivity index (χ1v) is 11.1. The van der Waals surface area contributed by atoms with E-state index in [-0.39, 0.29) is 17.9 Å². The van der Waals surface area contributed by atoms with Crippen LogP contribution in [0, 0.1) is 11.3 Å². The molecule has 1 N–H and O–H groups in total. The standard InChI is InChI=1S/C25H27N7O3/c1-31(2)25(33)19-6-8-22(30-24(19)34-4)29-23-12-20(27-15-28-23)16-5-7-21(17(11-16)13-26)35-18-9-10-32(3)14-18/h5-8,11-12,15,18H,9-10,14H2,1-4H3,(H,27,28,29,30). The van der Waals surface area contributed by atoms with E-state index < -0.39 is 0 Å². The minimum atomic E-state index is -0.203. The second-order valence-electron chi connectivity index (χ2n) is 8.48. The summed E-state index contributed by atoms with van der Waals surface area (Å²) < 4.78 is 11.4. The van der Waals surface area contributed by atoms with Gasteiger partial charge in [0.1, 0.15) is 41.4 Å². The van der Waals surface area contributed by atoms with E-state index in [2.05, 4.69) is 38.3 Å². The predicted octanol–water partition coefficient (Wildman–Crippen LogP) is 2.95. The average Bonchev–Trinajstić information content (AvgIpc) is 3.28. The van der Waals surface area contributed by atoms with Gasteiger partial charge in [0.15, 0.2) is 0 Å². The number of likely N-dealkylation sites (N-methyl/N-ethyl adjacent to an activating group) is 1. The molecule has 1 saturated heterocycles. The van der Waals surface area contributed by atoms with E-state index in [0.29, 0.717) is 34.2 Å². The van der Waals surface area contributed by atoms with Crippen LogP contribution < -0.4 is 14.8 Å². The number of carbonyl (C=O) groups is 1. The Labute approximate surface area is 204 Å². The third-order valence-corrected chi connectivity index (χ3v) is 5.65. The normalized spacial score (nSPS) is 15.3. The third-order valence-electron chi connectivity index (χ3n) is 5.65. The van der Waals surface area contributed by atoms with Crippen LogP contribution in [0.5, 0.6) is 11.6 Å². The van der Waals surface area contributed by atoms with Gasteiger partial charge in [0.05, 0.1) is 18.4 Å². The molecule has 1 unspecified atom stereocenters. The van der Waals surface area contributed by atoms with Gasteiger partial charge in [-0.1, -0.05) is 0 Å². The monoisotopic (exact) mass is 473 g/mol. The number of hydrogen-bond acceptors (Lipinski definition) is 9. The molecule has 1 amide bonds. The molecule has 0 radical (unpaired) electrons. The van der Waals surface area contributed by atoms with Crippen molar-refractivity contribution in [1.29, 1.82) is 5.26 Å². The van der Waals surface area contributed by atoms with Crippen LogP contribution in [0.4, 0.5) is 11.6 Å². The van der Waals surface area contributed by atoms with Gasteiger partial charge in [-0.15, -0.1) is 0 Å². The number of ether oxygens (including phenoxy) is 2. The van der Waals surface area contributed by atoms with Gasteiger partial charge in [0, 0.05) is 38.8 Å². The highest BCUT2D eigenvalue weighted by atomic mass is 16.5. The lowest BCUT2D eigenvalue weighted by Gasteiger charge is -2.15. The summed E-state index contributed by atoms with van der Waals surface area (Å²) in [5.41, 5.74) is 2.22. The van der Waals surface area contributed by atoms with Gasteiger partial charge < -0.3 is 24.6 Å². The fourth-order valence-electron chi connectivity index (χ4n) is 3.83. The minimum Gasteiger partial charge on any atom is -0.488 e. The van der Waals surface area contributed by atoms with E-state index in [4.69, 9.17) is 9.47 Å². The van der Waals surface area contributed by atoms with E-state index in [9.17, 15) is 10.1 Å². The smallest absolute Gasteiger partial charge is 0.258 e. The fraction of sp³-hybridized carbons (Fsp3) is 0.320. The second kappa shape index (κ2) is 10.4. The predicted molar refractivity (Wildman–Crippen MR) is 131 cm³/mol. The summed E-state index contributed by atoms with van der Waals surface area (Å²) >= 11 is 0. The summed E-state index contributed by atoms with van der Waals surface area (Å²) in [5, 5.41) is 12.8. The molecule has 4 rings (SSSR count). The molecule has 35 heavy (non-hydrogen) atoms. The molecule has 0 bridgehead atoms. The lowest BCUT2D eigenvalue weighted by Crippen LogP contribution is -2.22. The third kappa shape index (κ3) is 5.47. The Kier molecular flexibility index (Phi) is 7.08. The van der Waals surface area contributed by atoms with Crippen LogP contribution >= 0.6 is 0 Å². The van der Waals surface area contributed by atoms with E-state index in [1.807, 2.05) is 12.1 Å². The Hall–Kier alpha value is -4.23. The first kappa shape index (κ1) is 23.9. The van der Waals surface area contributed by atoms with E-state index >= 15 is 0 Å². The molecule has 2 aromatic heterocycles. The molecule has 10 nitrogen and oxygen atoms in total. The maximum atomic E-state index is 12.3. The summed E-state index contributed by atoms with van der Waals surface area (Å²) in [6, 6.07) is 12.8. The Morgan fingerprint density at radius 2 is 2.03 bits per heavy atom. The maximum absolute atomic E-state index is 12.3. The summed E-state index contributed by atoms with van der Waals surface area (Å²) in [6.45, 7) is 1.83. The number of benzene rings is 1. The Balaban J connectivity index is 1.54. The van der Waals surface area contributed by atoms with Crippen molar-refractivity contribution in [2.24, 2.45) is 0 Å². The van der Waals surface area contributed by atoms with Crippen molar-refractivity contribution in [3.05, 3.63) is 53.9 Å². The number of carbonyl (C=O) groups excluding carboxylic acids is 1. The van der Waals surface area contributed by atoms with Gasteiger partial charge in [-0.2, -0.15) is 10.2 Å². The van der Waals surface area contributed by atoms with Gasteiger partial charge >= 0.3 is 0 Å². The van der Waals surface area contributed by atoms with Gasteiger partial charge in [-0.3, -0.25) is 4.79 Å². The van der Waals surface area contributed by atoms with Crippen LogP contribution in [0.25, 0.3) is 11.3 Å². The molecule has 3 heterocycles. The highest BCUT2D eigenvalue weighted by Gasteiger charge is 2.22. The van der Waals surface area contributed by atoms with Gasteiger partial charge in [-0.25, -0.2) is 9.97 Å². The maximum Gasteiger partial charge on any atom is 0.258 e. The number of pyridine rings is 1. The topological polar surface area (TPSA) is 116 Å². The number of aromatic nitrogens is 3. The number of rotatable bonds is 7. The Morgan fingerprint density at radius 1 is 1.20 bits per heavy atom. The SMILES string of the molecule is COc1nc(Nc2cc(-c3ccc(OC4CCN(C)C4)c(C#N)c3)ncn2)ccc1C(=O)N(C)C. The van der Waals surface area contributed by atoms with Crippen molar-refractivity contribution >= 4 is 17.5 Å². The van der Waals surface area contributed by atoms with Crippen molar-refractivity contribution in [3.63, 3.8) is 0 Å². The zero-order valence-corrected chi connectivity index (χ0v) is 20.1. The Bertz CT molecular complexity index is 1270. The number of nitrogens with zero attached hydrogens (tertiary/aromatic N) is 6. The molecular weight excluding hydrogens is 446 g/mol. The zero-order chi connectivity index (χ0) is 24.9. The van der Waals surface area contributed by atoms with E-state index in [1.54, 1.807) is 38.4 Å². The zero-order valence-electron chi connectivity index (χ0n) is 20.1.